The fraction of sp³-hybridized carbons (Fsp3) is 0.300. The van der Waals surface area contributed by atoms with Gasteiger partial charge in [0.05, 0.1) is 19.4 Å². The molecule has 1 aromatic rings. The van der Waals surface area contributed by atoms with Gasteiger partial charge in [-0.3, -0.25) is 4.79 Å². The molecule has 0 aliphatic rings. The summed E-state index contributed by atoms with van der Waals surface area (Å²) in [6.45, 7) is 1.28. The number of carbonyl (C=O) groups excluding carboxylic acids is 1. The predicted octanol–water partition coefficient (Wildman–Crippen LogP) is 1.15. The molecule has 0 radical (unpaired) electrons. The summed E-state index contributed by atoms with van der Waals surface area (Å²) in [5.74, 6) is 0.357. The van der Waals surface area contributed by atoms with Gasteiger partial charge in [0.15, 0.2) is 0 Å². The lowest BCUT2D eigenvalue weighted by molar-refractivity contribution is -0.114. The van der Waals surface area contributed by atoms with E-state index in [1.54, 1.807) is 18.2 Å². The van der Waals surface area contributed by atoms with E-state index in [4.69, 9.17) is 9.84 Å². The maximum Gasteiger partial charge on any atom is 0.221 e. The van der Waals surface area contributed by atoms with Gasteiger partial charge in [-0.05, 0) is 6.07 Å². The van der Waals surface area contributed by atoms with Crippen LogP contribution in [0.25, 0.3) is 0 Å². The van der Waals surface area contributed by atoms with Gasteiger partial charge in [0.1, 0.15) is 5.75 Å². The molecule has 0 fully saturated rings. The van der Waals surface area contributed by atoms with Crippen LogP contribution in [0.3, 0.4) is 0 Å². The highest BCUT2D eigenvalue weighted by molar-refractivity contribution is 5.91. The molecule has 0 bridgehead atoms. The number of anilines is 1. The van der Waals surface area contributed by atoms with Crippen LogP contribution in [-0.4, -0.2) is 18.1 Å². The SMILES string of the molecule is COc1cccc(CO)c1NC(C)=O. The minimum absolute atomic E-state index is 0.132. The Kier molecular flexibility index (Phi) is 3.48. The first-order chi connectivity index (χ1) is 6.69. The lowest BCUT2D eigenvalue weighted by Gasteiger charge is -2.12. The Hall–Kier alpha value is -1.55. The number of nitrogens with one attached hydrogen (secondary N) is 1. The number of methoxy groups -OCH3 is 1. The van der Waals surface area contributed by atoms with Crippen LogP contribution in [0.1, 0.15) is 12.5 Å². The highest BCUT2D eigenvalue weighted by Gasteiger charge is 2.08. The average molecular weight is 195 g/mol. The Bertz CT molecular complexity index is 314. The first-order valence-electron chi connectivity index (χ1n) is 4.23. The fourth-order valence-electron chi connectivity index (χ4n) is 1.20. The van der Waals surface area contributed by atoms with E-state index in [-0.39, 0.29) is 12.5 Å². The zero-order valence-electron chi connectivity index (χ0n) is 8.20. The smallest absolute Gasteiger partial charge is 0.221 e. The molecule has 1 rings (SSSR count). The number of ether oxygens (including phenoxy) is 1. The second-order valence-corrected chi connectivity index (χ2v) is 2.83. The number of amides is 1. The molecular formula is C10H13NO3. The lowest BCUT2D eigenvalue weighted by Crippen LogP contribution is -2.09. The fourth-order valence-corrected chi connectivity index (χ4v) is 1.20. The molecule has 0 unspecified atom stereocenters. The highest BCUT2D eigenvalue weighted by Crippen LogP contribution is 2.28. The molecule has 0 saturated carbocycles. The van der Waals surface area contributed by atoms with Gasteiger partial charge >= 0.3 is 0 Å². The van der Waals surface area contributed by atoms with Gasteiger partial charge in [-0.2, -0.15) is 0 Å². The van der Waals surface area contributed by atoms with Gasteiger partial charge in [-0.1, -0.05) is 12.1 Å². The number of aliphatic hydroxyl groups is 1. The average Bonchev–Trinajstić information content (AvgIpc) is 2.17. The van der Waals surface area contributed by atoms with Crippen LogP contribution in [0, 0.1) is 0 Å². The van der Waals surface area contributed by atoms with Crippen molar-refractivity contribution in [3.05, 3.63) is 23.8 Å². The Morgan fingerprint density at radius 3 is 2.79 bits per heavy atom. The van der Waals surface area contributed by atoms with Crippen molar-refractivity contribution in [2.45, 2.75) is 13.5 Å². The van der Waals surface area contributed by atoms with Crippen LogP contribution in [0.4, 0.5) is 5.69 Å². The van der Waals surface area contributed by atoms with Crippen LogP contribution >= 0.6 is 0 Å². The minimum atomic E-state index is -0.191. The van der Waals surface area contributed by atoms with Crippen LogP contribution in [0.2, 0.25) is 0 Å². The summed E-state index contributed by atoms with van der Waals surface area (Å²) < 4.78 is 5.06. The summed E-state index contributed by atoms with van der Waals surface area (Å²) in [5.41, 5.74) is 1.17. The summed E-state index contributed by atoms with van der Waals surface area (Å²) >= 11 is 0. The van der Waals surface area contributed by atoms with Crippen molar-refractivity contribution in [2.24, 2.45) is 0 Å². The third-order valence-electron chi connectivity index (χ3n) is 1.80. The summed E-state index contributed by atoms with van der Waals surface area (Å²) in [4.78, 5) is 10.9. The molecule has 0 aromatic heterocycles. The molecular weight excluding hydrogens is 182 g/mol. The minimum Gasteiger partial charge on any atom is -0.495 e. The number of benzene rings is 1. The number of rotatable bonds is 3. The molecule has 0 aliphatic carbocycles. The summed E-state index contributed by atoms with van der Waals surface area (Å²) in [7, 11) is 1.52. The van der Waals surface area contributed by atoms with Crippen LogP contribution in [0.5, 0.6) is 5.75 Å². The molecule has 4 heteroatoms. The van der Waals surface area contributed by atoms with Crippen LogP contribution < -0.4 is 10.1 Å². The molecule has 4 nitrogen and oxygen atoms in total. The topological polar surface area (TPSA) is 58.6 Å². The summed E-state index contributed by atoms with van der Waals surface area (Å²) in [5, 5.41) is 11.7. The van der Waals surface area contributed by atoms with Gasteiger partial charge in [-0.25, -0.2) is 0 Å². The number of carbonyl (C=O) groups is 1. The van der Waals surface area contributed by atoms with E-state index in [9.17, 15) is 4.79 Å². The Balaban J connectivity index is 3.12. The molecule has 14 heavy (non-hydrogen) atoms. The van der Waals surface area contributed by atoms with Gasteiger partial charge in [0.25, 0.3) is 0 Å². The molecule has 0 atom stereocenters. The molecule has 0 aliphatic heterocycles. The van der Waals surface area contributed by atoms with Gasteiger partial charge in [0.2, 0.25) is 5.91 Å². The van der Waals surface area contributed by atoms with E-state index in [2.05, 4.69) is 5.32 Å². The second kappa shape index (κ2) is 4.62. The highest BCUT2D eigenvalue weighted by atomic mass is 16.5. The van der Waals surface area contributed by atoms with Gasteiger partial charge in [0, 0.05) is 12.5 Å². The summed E-state index contributed by atoms with van der Waals surface area (Å²) in [6.07, 6.45) is 0. The van der Waals surface area contributed by atoms with Crippen molar-refractivity contribution < 1.29 is 14.6 Å². The molecule has 1 amide bonds. The number of para-hydroxylation sites is 1. The zero-order valence-corrected chi connectivity index (χ0v) is 8.20. The van der Waals surface area contributed by atoms with E-state index < -0.39 is 0 Å². The number of hydrogen-bond acceptors (Lipinski definition) is 3. The lowest BCUT2D eigenvalue weighted by atomic mass is 10.1. The van der Waals surface area contributed by atoms with E-state index >= 15 is 0 Å². The first kappa shape index (κ1) is 10.5. The van der Waals surface area contributed by atoms with E-state index in [1.165, 1.54) is 14.0 Å². The van der Waals surface area contributed by atoms with Crippen molar-refractivity contribution in [2.75, 3.05) is 12.4 Å². The normalized spacial score (nSPS) is 9.64. The van der Waals surface area contributed by atoms with E-state index in [0.717, 1.165) is 0 Å². The molecule has 0 saturated heterocycles. The molecule has 0 spiro atoms. The Labute approximate surface area is 82.5 Å². The maximum absolute atomic E-state index is 10.9. The quantitative estimate of drug-likeness (QED) is 0.760. The first-order valence-corrected chi connectivity index (χ1v) is 4.23. The van der Waals surface area contributed by atoms with Crippen molar-refractivity contribution in [1.29, 1.82) is 0 Å². The third-order valence-corrected chi connectivity index (χ3v) is 1.80. The van der Waals surface area contributed by atoms with Crippen LogP contribution in [-0.2, 0) is 11.4 Å². The van der Waals surface area contributed by atoms with Crippen molar-refractivity contribution in [1.82, 2.24) is 0 Å². The van der Waals surface area contributed by atoms with Crippen molar-refractivity contribution in [3.8, 4) is 5.75 Å². The van der Waals surface area contributed by atoms with Crippen molar-refractivity contribution >= 4 is 11.6 Å². The number of aliphatic hydroxyl groups excluding tert-OH is 1. The third kappa shape index (κ3) is 2.23. The predicted molar refractivity (Wildman–Crippen MR) is 53.2 cm³/mol. The maximum atomic E-state index is 10.9. The largest absolute Gasteiger partial charge is 0.495 e. The zero-order chi connectivity index (χ0) is 10.6. The molecule has 1 aromatic carbocycles. The molecule has 2 N–H and O–H groups in total. The Morgan fingerprint density at radius 1 is 1.57 bits per heavy atom. The molecule has 0 heterocycles. The molecule has 76 valence electrons. The van der Waals surface area contributed by atoms with Crippen molar-refractivity contribution in [3.63, 3.8) is 0 Å². The van der Waals surface area contributed by atoms with Crippen LogP contribution in [0.15, 0.2) is 18.2 Å². The number of hydrogen-bond donors (Lipinski definition) is 2. The van der Waals surface area contributed by atoms with Gasteiger partial charge in [-0.15, -0.1) is 0 Å². The monoisotopic (exact) mass is 195 g/mol. The second-order valence-electron chi connectivity index (χ2n) is 2.83. The van der Waals surface area contributed by atoms with Gasteiger partial charge < -0.3 is 15.2 Å². The standard InChI is InChI=1S/C10H13NO3/c1-7(13)11-10-8(6-12)4-3-5-9(10)14-2/h3-5,12H,6H2,1-2H3,(H,11,13). The van der Waals surface area contributed by atoms with E-state index in [0.29, 0.717) is 17.0 Å². The Morgan fingerprint density at radius 2 is 2.29 bits per heavy atom. The summed E-state index contributed by atoms with van der Waals surface area (Å²) in [6, 6.07) is 5.22. The van der Waals surface area contributed by atoms with E-state index in [1.807, 2.05) is 0 Å².